The van der Waals surface area contributed by atoms with Crippen molar-refractivity contribution in [3.63, 3.8) is 0 Å². The molecule has 0 aliphatic carbocycles. The SMILES string of the molecule is O=C(O)Cc1c(Cc2cccc([N+](=O)[O-])c2F)c(=O)oc2cc(Oc3ncccn3)ccc12. The lowest BCUT2D eigenvalue weighted by Gasteiger charge is -2.12. The summed E-state index contributed by atoms with van der Waals surface area (Å²) >= 11 is 0. The van der Waals surface area contributed by atoms with Gasteiger partial charge in [-0.15, -0.1) is 0 Å². The lowest BCUT2D eigenvalue weighted by molar-refractivity contribution is -0.387. The van der Waals surface area contributed by atoms with Gasteiger partial charge in [0.05, 0.1) is 11.3 Å². The number of carbonyl (C=O) groups is 1. The second-order valence-electron chi connectivity index (χ2n) is 6.89. The molecule has 0 aliphatic rings. The van der Waals surface area contributed by atoms with Crippen molar-refractivity contribution < 1.29 is 28.4 Å². The van der Waals surface area contributed by atoms with E-state index in [9.17, 15) is 29.2 Å². The Labute approximate surface area is 184 Å². The zero-order valence-corrected chi connectivity index (χ0v) is 16.7. The molecule has 4 rings (SSSR count). The van der Waals surface area contributed by atoms with Crippen LogP contribution in [0.4, 0.5) is 10.1 Å². The number of nitro benzene ring substituents is 1. The first-order valence-electron chi connectivity index (χ1n) is 9.50. The van der Waals surface area contributed by atoms with E-state index in [1.165, 1.54) is 42.7 Å². The van der Waals surface area contributed by atoms with Crippen molar-refractivity contribution in [1.82, 2.24) is 9.97 Å². The van der Waals surface area contributed by atoms with Gasteiger partial charge in [0.1, 0.15) is 11.3 Å². The number of fused-ring (bicyclic) bond motifs is 1. The summed E-state index contributed by atoms with van der Waals surface area (Å²) in [5.74, 6) is -2.08. The highest BCUT2D eigenvalue weighted by atomic mass is 19.1. The summed E-state index contributed by atoms with van der Waals surface area (Å²) in [6, 6.07) is 9.63. The molecule has 0 unspecified atom stereocenters. The Morgan fingerprint density at radius 1 is 1.15 bits per heavy atom. The summed E-state index contributed by atoms with van der Waals surface area (Å²) in [6.07, 6.45) is 2.03. The predicted molar refractivity (Wildman–Crippen MR) is 112 cm³/mol. The second kappa shape index (κ2) is 8.83. The Morgan fingerprint density at radius 2 is 1.91 bits per heavy atom. The quantitative estimate of drug-likeness (QED) is 0.253. The van der Waals surface area contributed by atoms with E-state index < -0.39 is 34.4 Å². The molecule has 0 amide bonds. The Kier molecular flexibility index (Phi) is 5.77. The number of carboxylic acids is 1. The van der Waals surface area contributed by atoms with Gasteiger partial charge < -0.3 is 14.3 Å². The van der Waals surface area contributed by atoms with Crippen molar-refractivity contribution in [2.75, 3.05) is 0 Å². The highest BCUT2D eigenvalue weighted by Crippen LogP contribution is 2.29. The van der Waals surface area contributed by atoms with Gasteiger partial charge in [0, 0.05) is 41.9 Å². The molecule has 10 nitrogen and oxygen atoms in total. The molecule has 0 saturated carbocycles. The molecule has 0 aliphatic heterocycles. The maximum atomic E-state index is 14.6. The molecule has 0 radical (unpaired) electrons. The highest BCUT2D eigenvalue weighted by Gasteiger charge is 2.22. The molecule has 2 heterocycles. The smallest absolute Gasteiger partial charge is 0.340 e. The molecular weight excluding hydrogens is 437 g/mol. The first-order chi connectivity index (χ1) is 15.8. The Bertz CT molecular complexity index is 1440. The molecule has 166 valence electrons. The molecule has 0 spiro atoms. The van der Waals surface area contributed by atoms with Gasteiger partial charge in [0.15, 0.2) is 0 Å². The third-order valence-corrected chi connectivity index (χ3v) is 4.79. The molecule has 4 aromatic rings. The lowest BCUT2D eigenvalue weighted by atomic mass is 9.96. The van der Waals surface area contributed by atoms with Crippen LogP contribution in [0.25, 0.3) is 11.0 Å². The molecule has 0 atom stereocenters. The molecule has 2 aromatic heterocycles. The van der Waals surface area contributed by atoms with Gasteiger partial charge in [-0.2, -0.15) is 4.39 Å². The molecule has 0 saturated heterocycles. The number of ether oxygens (including phenoxy) is 1. The van der Waals surface area contributed by atoms with Crippen molar-refractivity contribution in [3.8, 4) is 11.8 Å². The zero-order valence-electron chi connectivity index (χ0n) is 16.7. The molecule has 33 heavy (non-hydrogen) atoms. The van der Waals surface area contributed by atoms with Crippen LogP contribution in [0.1, 0.15) is 16.7 Å². The Morgan fingerprint density at radius 3 is 2.61 bits per heavy atom. The minimum atomic E-state index is -1.22. The van der Waals surface area contributed by atoms with Gasteiger partial charge in [0.25, 0.3) is 0 Å². The Hall–Kier alpha value is -4.67. The third kappa shape index (κ3) is 4.51. The zero-order chi connectivity index (χ0) is 23.5. The normalized spacial score (nSPS) is 10.8. The third-order valence-electron chi connectivity index (χ3n) is 4.79. The highest BCUT2D eigenvalue weighted by molar-refractivity contribution is 5.86. The fourth-order valence-corrected chi connectivity index (χ4v) is 3.36. The largest absolute Gasteiger partial charge is 0.481 e. The average molecular weight is 451 g/mol. The predicted octanol–water partition coefficient (Wildman–Crippen LogP) is 3.64. The second-order valence-corrected chi connectivity index (χ2v) is 6.89. The number of carboxylic acid groups (broad SMARTS) is 1. The van der Waals surface area contributed by atoms with Crippen molar-refractivity contribution in [2.45, 2.75) is 12.8 Å². The molecule has 1 N–H and O–H groups in total. The van der Waals surface area contributed by atoms with Gasteiger partial charge in [-0.3, -0.25) is 14.9 Å². The van der Waals surface area contributed by atoms with E-state index in [-0.39, 0.29) is 40.5 Å². The van der Waals surface area contributed by atoms with Crippen molar-refractivity contribution in [2.24, 2.45) is 0 Å². The van der Waals surface area contributed by atoms with E-state index >= 15 is 0 Å². The van der Waals surface area contributed by atoms with Crippen LogP contribution < -0.4 is 10.4 Å². The maximum Gasteiger partial charge on any atom is 0.340 e. The van der Waals surface area contributed by atoms with Crippen LogP contribution >= 0.6 is 0 Å². The van der Waals surface area contributed by atoms with Crippen LogP contribution in [0, 0.1) is 15.9 Å². The average Bonchev–Trinajstić information content (AvgIpc) is 2.77. The van der Waals surface area contributed by atoms with Crippen LogP contribution in [0.5, 0.6) is 11.8 Å². The topological polar surface area (TPSA) is 146 Å². The minimum absolute atomic E-state index is 0.0490. The number of halogens is 1. The summed E-state index contributed by atoms with van der Waals surface area (Å²) < 4.78 is 25.5. The van der Waals surface area contributed by atoms with E-state index in [0.29, 0.717) is 5.39 Å². The van der Waals surface area contributed by atoms with Crippen LogP contribution in [0.2, 0.25) is 0 Å². The van der Waals surface area contributed by atoms with E-state index in [2.05, 4.69) is 9.97 Å². The first-order valence-corrected chi connectivity index (χ1v) is 9.50. The number of benzene rings is 2. The summed E-state index contributed by atoms with van der Waals surface area (Å²) in [5.41, 5.74) is -1.72. The molecule has 0 bridgehead atoms. The van der Waals surface area contributed by atoms with Crippen LogP contribution in [-0.2, 0) is 17.6 Å². The van der Waals surface area contributed by atoms with Gasteiger partial charge in [-0.05, 0) is 29.3 Å². The maximum absolute atomic E-state index is 14.6. The molecule has 11 heteroatoms. The minimum Gasteiger partial charge on any atom is -0.481 e. The van der Waals surface area contributed by atoms with E-state index in [1.54, 1.807) is 6.07 Å². The number of rotatable bonds is 7. The molecular formula is C22H14FN3O7. The van der Waals surface area contributed by atoms with Crippen molar-refractivity contribution >= 4 is 22.6 Å². The number of aromatic nitrogens is 2. The summed E-state index contributed by atoms with van der Waals surface area (Å²) in [7, 11) is 0. The van der Waals surface area contributed by atoms with E-state index in [1.807, 2.05) is 0 Å². The molecule has 0 fully saturated rings. The van der Waals surface area contributed by atoms with Gasteiger partial charge in [-0.1, -0.05) is 12.1 Å². The Balaban J connectivity index is 1.81. The summed E-state index contributed by atoms with van der Waals surface area (Å²) in [6.45, 7) is 0. The van der Waals surface area contributed by atoms with Crippen LogP contribution in [-0.4, -0.2) is 26.0 Å². The number of nitro groups is 1. The standard InChI is InChI=1S/C22H14FN3O7/c23-20-12(3-1-4-17(20)26(30)31)9-16-15(11-19(27)28)14-6-5-13(10-18(14)33-21(16)29)32-22-24-7-2-8-25-22/h1-8,10H,9,11H2,(H,27,28). The number of hydrogen-bond acceptors (Lipinski definition) is 8. The van der Waals surface area contributed by atoms with Crippen LogP contribution in [0.3, 0.4) is 0 Å². The fraction of sp³-hybridized carbons (Fsp3) is 0.0909. The lowest BCUT2D eigenvalue weighted by Crippen LogP contribution is -2.16. The van der Waals surface area contributed by atoms with Gasteiger partial charge >= 0.3 is 23.3 Å². The monoisotopic (exact) mass is 451 g/mol. The van der Waals surface area contributed by atoms with Crippen molar-refractivity contribution in [1.29, 1.82) is 0 Å². The van der Waals surface area contributed by atoms with E-state index in [4.69, 9.17) is 9.15 Å². The van der Waals surface area contributed by atoms with Gasteiger partial charge in [0.2, 0.25) is 5.82 Å². The first kappa shape index (κ1) is 21.6. The number of hydrogen-bond donors (Lipinski definition) is 1. The van der Waals surface area contributed by atoms with Gasteiger partial charge in [-0.25, -0.2) is 14.8 Å². The summed E-state index contributed by atoms with van der Waals surface area (Å²) in [4.78, 5) is 42.3. The number of nitrogens with zero attached hydrogens (tertiary/aromatic N) is 3. The van der Waals surface area contributed by atoms with Crippen LogP contribution in [0.15, 0.2) is 64.1 Å². The molecule has 2 aromatic carbocycles. The number of aliphatic carboxylic acids is 1. The fourth-order valence-electron chi connectivity index (χ4n) is 3.36. The summed E-state index contributed by atoms with van der Waals surface area (Å²) in [5, 5.41) is 20.7. The van der Waals surface area contributed by atoms with E-state index in [0.717, 1.165) is 6.07 Å². The van der Waals surface area contributed by atoms with Crippen molar-refractivity contribution in [3.05, 3.63) is 97.9 Å².